The third-order valence-corrected chi connectivity index (χ3v) is 5.47. The van der Waals surface area contributed by atoms with Crippen LogP contribution >= 0.6 is 0 Å². The number of pyridine rings is 1. The van der Waals surface area contributed by atoms with Gasteiger partial charge in [0.15, 0.2) is 17.4 Å². The number of urea groups is 1. The lowest BCUT2D eigenvalue weighted by Crippen LogP contribution is -2.58. The van der Waals surface area contributed by atoms with E-state index in [1.165, 1.54) is 45.3 Å². The largest absolute Gasteiger partial charge is 0.483 e. The molecule has 1 aromatic carbocycles. The molecule has 0 aliphatic carbocycles. The average molecular weight is 457 g/mol. The SMILES string of the molecule is Cn1ncnc1-c1cc(OC2CN(C(=O)N3N=CC[C@H]3c3cc(F)cc(F)c3)C2)c(F)cn1. The van der Waals surface area contributed by atoms with Gasteiger partial charge in [-0.05, 0) is 17.7 Å². The highest BCUT2D eigenvalue weighted by atomic mass is 19.1. The first-order chi connectivity index (χ1) is 15.9. The van der Waals surface area contributed by atoms with E-state index in [2.05, 4.69) is 20.2 Å². The fourth-order valence-electron chi connectivity index (χ4n) is 3.80. The minimum Gasteiger partial charge on any atom is -0.483 e. The van der Waals surface area contributed by atoms with Gasteiger partial charge in [0.1, 0.15) is 29.8 Å². The molecular weight excluding hydrogens is 439 g/mol. The van der Waals surface area contributed by atoms with Crippen LogP contribution in [0.5, 0.6) is 5.75 Å². The second-order valence-corrected chi connectivity index (χ2v) is 7.73. The van der Waals surface area contributed by atoms with Gasteiger partial charge in [-0.25, -0.2) is 37.6 Å². The minimum absolute atomic E-state index is 0.00703. The van der Waals surface area contributed by atoms with E-state index in [1.807, 2.05) is 0 Å². The topological polar surface area (TPSA) is 88.7 Å². The van der Waals surface area contributed by atoms with Crippen molar-refractivity contribution in [2.45, 2.75) is 18.6 Å². The molecule has 0 saturated carbocycles. The predicted octanol–water partition coefficient (Wildman–Crippen LogP) is 2.91. The summed E-state index contributed by atoms with van der Waals surface area (Å²) in [6.45, 7) is 0.409. The third kappa shape index (κ3) is 3.99. The van der Waals surface area contributed by atoms with Crippen LogP contribution in [0.1, 0.15) is 18.0 Å². The van der Waals surface area contributed by atoms with Gasteiger partial charge in [0, 0.05) is 31.8 Å². The Morgan fingerprint density at radius 2 is 1.85 bits per heavy atom. The van der Waals surface area contributed by atoms with Gasteiger partial charge in [-0.15, -0.1) is 0 Å². The Morgan fingerprint density at radius 3 is 2.55 bits per heavy atom. The molecule has 0 spiro atoms. The Bertz CT molecular complexity index is 1220. The van der Waals surface area contributed by atoms with Gasteiger partial charge in [0.25, 0.3) is 0 Å². The molecule has 3 aromatic rings. The van der Waals surface area contributed by atoms with E-state index in [0.717, 1.165) is 12.3 Å². The van der Waals surface area contributed by atoms with E-state index in [0.29, 0.717) is 23.5 Å². The van der Waals surface area contributed by atoms with Crippen molar-refractivity contribution in [2.24, 2.45) is 12.1 Å². The van der Waals surface area contributed by atoms with Gasteiger partial charge in [-0.3, -0.25) is 0 Å². The molecular formula is C21H18F3N7O2. The highest BCUT2D eigenvalue weighted by molar-refractivity contribution is 5.79. The van der Waals surface area contributed by atoms with E-state index in [9.17, 15) is 18.0 Å². The lowest BCUT2D eigenvalue weighted by molar-refractivity contribution is 0.0256. The van der Waals surface area contributed by atoms with Crippen molar-refractivity contribution < 1.29 is 22.7 Å². The summed E-state index contributed by atoms with van der Waals surface area (Å²) in [6, 6.07) is 3.56. The van der Waals surface area contributed by atoms with Crippen molar-refractivity contribution >= 4 is 12.2 Å². The van der Waals surface area contributed by atoms with E-state index in [4.69, 9.17) is 4.74 Å². The van der Waals surface area contributed by atoms with E-state index >= 15 is 0 Å². The Balaban J connectivity index is 1.24. The normalized spacial score (nSPS) is 18.0. The molecule has 0 radical (unpaired) electrons. The van der Waals surface area contributed by atoms with Gasteiger partial charge in [-0.2, -0.15) is 10.2 Å². The molecule has 170 valence electrons. The zero-order valence-electron chi connectivity index (χ0n) is 17.4. The van der Waals surface area contributed by atoms with Crippen molar-refractivity contribution in [1.29, 1.82) is 0 Å². The maximum absolute atomic E-state index is 14.2. The lowest BCUT2D eigenvalue weighted by Gasteiger charge is -2.41. The molecule has 1 fully saturated rings. The molecule has 33 heavy (non-hydrogen) atoms. The van der Waals surface area contributed by atoms with Crippen molar-refractivity contribution in [3.63, 3.8) is 0 Å². The second-order valence-electron chi connectivity index (χ2n) is 7.73. The van der Waals surface area contributed by atoms with Crippen LogP contribution in [0.15, 0.2) is 41.9 Å². The summed E-state index contributed by atoms with van der Waals surface area (Å²) in [5.41, 5.74) is 0.720. The van der Waals surface area contributed by atoms with Crippen LogP contribution in [0.3, 0.4) is 0 Å². The molecule has 4 heterocycles. The van der Waals surface area contributed by atoms with Gasteiger partial charge in [0.2, 0.25) is 0 Å². The van der Waals surface area contributed by atoms with Crippen LogP contribution in [0, 0.1) is 17.5 Å². The molecule has 0 unspecified atom stereocenters. The number of hydrazone groups is 1. The van der Waals surface area contributed by atoms with Gasteiger partial charge >= 0.3 is 6.03 Å². The average Bonchev–Trinajstić information content (AvgIpc) is 3.39. The quantitative estimate of drug-likeness (QED) is 0.601. The third-order valence-electron chi connectivity index (χ3n) is 5.47. The van der Waals surface area contributed by atoms with E-state index in [1.54, 1.807) is 7.05 Å². The number of carbonyl (C=O) groups is 1. The van der Waals surface area contributed by atoms with Gasteiger partial charge in [0.05, 0.1) is 25.3 Å². The first-order valence-electron chi connectivity index (χ1n) is 10.1. The summed E-state index contributed by atoms with van der Waals surface area (Å²) in [7, 11) is 1.69. The molecule has 2 aromatic heterocycles. The summed E-state index contributed by atoms with van der Waals surface area (Å²) in [4.78, 5) is 22.5. The highest BCUT2D eigenvalue weighted by Crippen LogP contribution is 2.32. The smallest absolute Gasteiger partial charge is 0.341 e. The number of carbonyl (C=O) groups excluding carboxylic acids is 1. The number of benzene rings is 1. The maximum atomic E-state index is 14.2. The van der Waals surface area contributed by atoms with E-state index in [-0.39, 0.29) is 18.8 Å². The summed E-state index contributed by atoms with van der Waals surface area (Å²) in [5, 5.41) is 9.24. The number of nitrogens with zero attached hydrogens (tertiary/aromatic N) is 7. The van der Waals surface area contributed by atoms with Crippen LogP contribution in [0.25, 0.3) is 11.5 Å². The Labute approximate surface area is 186 Å². The standard InChI is InChI=1S/C21H18F3N7O2/c1-29-20(26-11-28-29)17-7-19(16(24)8-25-17)33-15-9-30(10-15)21(32)31-18(2-3-27-31)12-4-13(22)6-14(23)5-12/h3-8,11,15,18H,2,9-10H2,1H3/t18-/m0/s1. The van der Waals surface area contributed by atoms with Crippen molar-refractivity contribution in [1.82, 2.24) is 29.7 Å². The zero-order valence-corrected chi connectivity index (χ0v) is 17.4. The number of hydrogen-bond donors (Lipinski definition) is 0. The number of halogens is 3. The van der Waals surface area contributed by atoms with Crippen molar-refractivity contribution in [2.75, 3.05) is 13.1 Å². The number of likely N-dealkylation sites (tertiary alicyclic amines) is 1. The number of amides is 2. The van der Waals surface area contributed by atoms with Gasteiger partial charge < -0.3 is 9.64 Å². The summed E-state index contributed by atoms with van der Waals surface area (Å²) >= 11 is 0. The fraction of sp³-hybridized carbons (Fsp3) is 0.286. The minimum atomic E-state index is -0.721. The van der Waals surface area contributed by atoms with Crippen molar-refractivity contribution in [3.05, 3.63) is 59.8 Å². The fourth-order valence-corrected chi connectivity index (χ4v) is 3.80. The molecule has 1 saturated heterocycles. The predicted molar refractivity (Wildman–Crippen MR) is 110 cm³/mol. The molecule has 9 nitrogen and oxygen atoms in total. The van der Waals surface area contributed by atoms with Crippen LogP contribution in [-0.2, 0) is 7.05 Å². The molecule has 2 aliphatic heterocycles. The number of rotatable bonds is 4. The van der Waals surface area contributed by atoms with Crippen LogP contribution in [0.2, 0.25) is 0 Å². The molecule has 5 rings (SSSR count). The molecule has 12 heteroatoms. The maximum Gasteiger partial charge on any atom is 0.341 e. The number of hydrogen-bond acceptors (Lipinski definition) is 6. The molecule has 0 bridgehead atoms. The monoisotopic (exact) mass is 457 g/mol. The van der Waals surface area contributed by atoms with Crippen LogP contribution in [-0.4, -0.2) is 61.1 Å². The van der Waals surface area contributed by atoms with Crippen LogP contribution in [0.4, 0.5) is 18.0 Å². The Kier molecular flexibility index (Phi) is 5.19. The molecule has 2 aliphatic rings. The molecule has 0 N–H and O–H groups in total. The van der Waals surface area contributed by atoms with Gasteiger partial charge in [-0.1, -0.05) is 0 Å². The van der Waals surface area contributed by atoms with Crippen LogP contribution < -0.4 is 4.74 Å². The Hall–Kier alpha value is -3.96. The lowest BCUT2D eigenvalue weighted by atomic mass is 10.0. The number of aryl methyl sites for hydroxylation is 1. The molecule has 2 amide bonds. The number of aromatic nitrogens is 4. The first-order valence-corrected chi connectivity index (χ1v) is 10.1. The highest BCUT2D eigenvalue weighted by Gasteiger charge is 2.39. The van der Waals surface area contributed by atoms with Crippen molar-refractivity contribution in [3.8, 4) is 17.3 Å². The Morgan fingerprint density at radius 1 is 1.09 bits per heavy atom. The summed E-state index contributed by atoms with van der Waals surface area (Å²) < 4.78 is 48.7. The second kappa shape index (κ2) is 8.19. The summed E-state index contributed by atoms with van der Waals surface area (Å²) in [6.07, 6.45) is 3.84. The number of ether oxygens (including phenoxy) is 1. The molecule has 1 atom stereocenters. The van der Waals surface area contributed by atoms with E-state index < -0.39 is 35.6 Å². The zero-order chi connectivity index (χ0) is 23.1. The summed E-state index contributed by atoms with van der Waals surface area (Å²) in [5.74, 6) is -1.63. The first kappa shape index (κ1) is 20.9.